The van der Waals surface area contributed by atoms with E-state index < -0.39 is 18.4 Å². The Kier molecular flexibility index (Phi) is 7.16. The lowest BCUT2D eigenvalue weighted by atomic mass is 10.1. The van der Waals surface area contributed by atoms with Crippen molar-refractivity contribution in [3.05, 3.63) is 59.4 Å². The molecule has 0 aliphatic heterocycles. The lowest BCUT2D eigenvalue weighted by Gasteiger charge is -2.18. The number of benzene rings is 2. The molecule has 2 aromatic rings. The van der Waals surface area contributed by atoms with Crippen LogP contribution in [0.3, 0.4) is 0 Å². The molecule has 6 nitrogen and oxygen atoms in total. The largest absolute Gasteiger partial charge is 0.494 e. The monoisotopic (exact) mass is 375 g/mol. The number of carbonyl (C=O) groups is 2. The first-order valence-corrected chi connectivity index (χ1v) is 8.39. The second kappa shape index (κ2) is 9.56. The Balaban J connectivity index is 1.87. The fraction of sp³-hybridized carbons (Fsp3) is 0.300. The Morgan fingerprint density at radius 3 is 2.48 bits per heavy atom. The number of rotatable bonds is 9. The van der Waals surface area contributed by atoms with E-state index >= 15 is 0 Å². The van der Waals surface area contributed by atoms with Gasteiger partial charge in [0.2, 0.25) is 5.91 Å². The maximum Gasteiger partial charge on any atom is 0.341 e. The molecule has 2 aromatic carbocycles. The smallest absolute Gasteiger partial charge is 0.341 e. The highest BCUT2D eigenvalue weighted by Crippen LogP contribution is 2.21. The molecule has 0 aliphatic carbocycles. The minimum Gasteiger partial charge on any atom is -0.494 e. The van der Waals surface area contributed by atoms with Crippen molar-refractivity contribution in [3.8, 4) is 11.5 Å². The van der Waals surface area contributed by atoms with E-state index in [9.17, 15) is 14.0 Å². The molecule has 0 radical (unpaired) electrons. The number of carboxylic acids is 1. The number of aryl methyl sites for hydroxylation is 1. The highest BCUT2D eigenvalue weighted by atomic mass is 19.1. The standard InChI is InChI=1S/C20H22FNO5/c1-22(12-14-6-9-16(10-7-14)27-13-19(24)25)18(23)11-8-15-4-3-5-17(26-2)20(15)21/h3-7,9-10H,8,11-13H2,1-2H3,(H,24,25). The van der Waals surface area contributed by atoms with Crippen LogP contribution in [0.1, 0.15) is 17.5 Å². The van der Waals surface area contributed by atoms with Crippen molar-refractivity contribution in [1.82, 2.24) is 4.90 Å². The summed E-state index contributed by atoms with van der Waals surface area (Å²) < 4.78 is 24.1. The van der Waals surface area contributed by atoms with Gasteiger partial charge in [-0.3, -0.25) is 4.79 Å². The van der Waals surface area contributed by atoms with Crippen molar-refractivity contribution in [2.24, 2.45) is 0 Å². The fourth-order valence-corrected chi connectivity index (χ4v) is 2.54. The second-order valence-electron chi connectivity index (χ2n) is 6.01. The number of carboxylic acid groups (broad SMARTS) is 1. The van der Waals surface area contributed by atoms with Gasteiger partial charge in [0.1, 0.15) is 5.75 Å². The molecule has 0 saturated carbocycles. The van der Waals surface area contributed by atoms with Crippen LogP contribution in [0.5, 0.6) is 11.5 Å². The second-order valence-corrected chi connectivity index (χ2v) is 6.01. The fourth-order valence-electron chi connectivity index (χ4n) is 2.54. The Hall–Kier alpha value is -3.09. The highest BCUT2D eigenvalue weighted by Gasteiger charge is 2.13. The van der Waals surface area contributed by atoms with Gasteiger partial charge < -0.3 is 19.5 Å². The maximum atomic E-state index is 14.1. The molecule has 7 heteroatoms. The van der Waals surface area contributed by atoms with E-state index in [4.69, 9.17) is 14.6 Å². The maximum absolute atomic E-state index is 14.1. The van der Waals surface area contributed by atoms with Gasteiger partial charge in [0, 0.05) is 20.0 Å². The molecule has 0 aromatic heterocycles. The third-order valence-electron chi connectivity index (χ3n) is 4.00. The van der Waals surface area contributed by atoms with Gasteiger partial charge in [-0.05, 0) is 35.7 Å². The third-order valence-corrected chi connectivity index (χ3v) is 4.00. The minimum absolute atomic E-state index is 0.108. The van der Waals surface area contributed by atoms with E-state index in [-0.39, 0.29) is 24.5 Å². The molecule has 0 fully saturated rings. The molecular weight excluding hydrogens is 353 g/mol. The summed E-state index contributed by atoms with van der Waals surface area (Å²) in [6.45, 7) is -0.0167. The van der Waals surface area contributed by atoms with Crippen LogP contribution in [0.25, 0.3) is 0 Å². The molecular formula is C20H22FNO5. The van der Waals surface area contributed by atoms with E-state index in [1.165, 1.54) is 13.2 Å². The van der Waals surface area contributed by atoms with E-state index in [0.717, 1.165) is 5.56 Å². The molecule has 1 N–H and O–H groups in total. The van der Waals surface area contributed by atoms with Crippen LogP contribution in [-0.4, -0.2) is 42.6 Å². The number of hydrogen-bond acceptors (Lipinski definition) is 4. The molecule has 1 amide bonds. The number of halogens is 1. The first-order valence-electron chi connectivity index (χ1n) is 8.39. The molecule has 0 saturated heterocycles. The quantitative estimate of drug-likeness (QED) is 0.729. The predicted molar refractivity (Wildman–Crippen MR) is 97.3 cm³/mol. The molecule has 0 bridgehead atoms. The summed E-state index contributed by atoms with van der Waals surface area (Å²) >= 11 is 0. The summed E-state index contributed by atoms with van der Waals surface area (Å²) in [6, 6.07) is 11.7. The van der Waals surface area contributed by atoms with Crippen LogP contribution in [0.15, 0.2) is 42.5 Å². The zero-order valence-electron chi connectivity index (χ0n) is 15.3. The Morgan fingerprint density at radius 2 is 1.85 bits per heavy atom. The summed E-state index contributed by atoms with van der Waals surface area (Å²) in [5, 5.41) is 8.59. The first kappa shape index (κ1) is 20.2. The van der Waals surface area contributed by atoms with Crippen molar-refractivity contribution in [1.29, 1.82) is 0 Å². The van der Waals surface area contributed by atoms with Crippen molar-refractivity contribution in [2.45, 2.75) is 19.4 Å². The SMILES string of the molecule is COc1cccc(CCC(=O)N(C)Cc2ccc(OCC(=O)O)cc2)c1F. The van der Waals surface area contributed by atoms with Crippen LogP contribution in [0.2, 0.25) is 0 Å². The lowest BCUT2D eigenvalue weighted by Crippen LogP contribution is -2.26. The predicted octanol–water partition coefficient (Wildman–Crippen LogP) is 2.89. The van der Waals surface area contributed by atoms with Crippen LogP contribution in [0, 0.1) is 5.82 Å². The average Bonchev–Trinajstić information content (AvgIpc) is 2.66. The van der Waals surface area contributed by atoms with Gasteiger partial charge in [-0.1, -0.05) is 24.3 Å². The van der Waals surface area contributed by atoms with Crippen molar-refractivity contribution in [2.75, 3.05) is 20.8 Å². The van der Waals surface area contributed by atoms with Crippen molar-refractivity contribution in [3.63, 3.8) is 0 Å². The van der Waals surface area contributed by atoms with Gasteiger partial charge in [0.25, 0.3) is 0 Å². The number of methoxy groups -OCH3 is 1. The van der Waals surface area contributed by atoms with Gasteiger partial charge in [-0.25, -0.2) is 9.18 Å². The molecule has 27 heavy (non-hydrogen) atoms. The van der Waals surface area contributed by atoms with E-state index in [0.29, 0.717) is 17.9 Å². The van der Waals surface area contributed by atoms with Crippen LogP contribution in [0.4, 0.5) is 4.39 Å². The Labute approximate surface area is 157 Å². The Bertz CT molecular complexity index is 791. The van der Waals surface area contributed by atoms with Gasteiger partial charge in [0.15, 0.2) is 18.2 Å². The van der Waals surface area contributed by atoms with Crippen LogP contribution < -0.4 is 9.47 Å². The minimum atomic E-state index is -1.04. The summed E-state index contributed by atoms with van der Waals surface area (Å²) in [5.74, 6) is -0.977. The van der Waals surface area contributed by atoms with Crippen LogP contribution >= 0.6 is 0 Å². The van der Waals surface area contributed by atoms with Crippen LogP contribution in [-0.2, 0) is 22.6 Å². The zero-order valence-corrected chi connectivity index (χ0v) is 15.3. The van der Waals surface area contributed by atoms with Crippen molar-refractivity contribution < 1.29 is 28.6 Å². The number of aliphatic carboxylic acids is 1. The number of nitrogens with zero attached hydrogens (tertiary/aromatic N) is 1. The molecule has 0 atom stereocenters. The summed E-state index contributed by atoms with van der Waals surface area (Å²) in [7, 11) is 3.08. The zero-order chi connectivity index (χ0) is 19.8. The average molecular weight is 375 g/mol. The normalized spacial score (nSPS) is 10.3. The molecule has 0 unspecified atom stereocenters. The summed E-state index contributed by atoms with van der Waals surface area (Å²) in [5.41, 5.74) is 1.32. The van der Waals surface area contributed by atoms with Gasteiger partial charge >= 0.3 is 5.97 Å². The van der Waals surface area contributed by atoms with E-state index in [2.05, 4.69) is 0 Å². The van der Waals surface area contributed by atoms with E-state index in [1.807, 2.05) is 0 Å². The first-order chi connectivity index (χ1) is 12.9. The molecule has 0 heterocycles. The number of carbonyl (C=O) groups excluding carboxylic acids is 1. The number of ether oxygens (including phenoxy) is 2. The summed E-state index contributed by atoms with van der Waals surface area (Å²) in [4.78, 5) is 24.4. The number of amides is 1. The summed E-state index contributed by atoms with van der Waals surface area (Å²) in [6.07, 6.45) is 0.467. The lowest BCUT2D eigenvalue weighted by molar-refractivity contribution is -0.139. The molecule has 0 spiro atoms. The topological polar surface area (TPSA) is 76.1 Å². The van der Waals surface area contributed by atoms with Crippen molar-refractivity contribution >= 4 is 11.9 Å². The van der Waals surface area contributed by atoms with Gasteiger partial charge in [-0.15, -0.1) is 0 Å². The van der Waals surface area contributed by atoms with Gasteiger partial charge in [-0.2, -0.15) is 0 Å². The Morgan fingerprint density at radius 1 is 1.15 bits per heavy atom. The molecule has 0 aliphatic rings. The van der Waals surface area contributed by atoms with Gasteiger partial charge in [0.05, 0.1) is 7.11 Å². The molecule has 2 rings (SSSR count). The number of hydrogen-bond donors (Lipinski definition) is 1. The third kappa shape index (κ3) is 5.99. The molecule has 144 valence electrons. The highest BCUT2D eigenvalue weighted by molar-refractivity contribution is 5.76. The van der Waals surface area contributed by atoms with E-state index in [1.54, 1.807) is 48.3 Å².